The average molecular weight is 460 g/mol. The highest BCUT2D eigenvalue weighted by atomic mass is 32.2. The number of nitro groups is 1. The van der Waals surface area contributed by atoms with Gasteiger partial charge in [-0.3, -0.25) is 14.9 Å². The van der Waals surface area contributed by atoms with Crippen LogP contribution in [-0.4, -0.2) is 48.1 Å². The van der Waals surface area contributed by atoms with Gasteiger partial charge in [0.1, 0.15) is 5.75 Å². The van der Waals surface area contributed by atoms with E-state index in [4.69, 9.17) is 18.6 Å². The SMILES string of the molecule is COc1cc([N+](=O)[O-])ccc1NC(=O)CSc1nnc(Cc2ccc(OC)c(OC)c2)o1. The molecule has 0 saturated carbocycles. The first-order chi connectivity index (χ1) is 15.4. The lowest BCUT2D eigenvalue weighted by Crippen LogP contribution is -2.14. The summed E-state index contributed by atoms with van der Waals surface area (Å²) in [5, 5.41) is 21.7. The molecule has 0 spiro atoms. The Labute approximate surface area is 187 Å². The molecule has 1 N–H and O–H groups in total. The van der Waals surface area contributed by atoms with E-state index in [0.717, 1.165) is 17.3 Å². The van der Waals surface area contributed by atoms with Gasteiger partial charge in [0.25, 0.3) is 10.9 Å². The number of hydrogen-bond acceptors (Lipinski definition) is 10. The van der Waals surface area contributed by atoms with Crippen LogP contribution in [0.1, 0.15) is 11.5 Å². The van der Waals surface area contributed by atoms with Crippen LogP contribution in [-0.2, 0) is 11.2 Å². The Balaban J connectivity index is 1.57. The predicted octanol–water partition coefficient (Wildman–Crippen LogP) is 3.33. The van der Waals surface area contributed by atoms with Crippen LogP contribution in [0.5, 0.6) is 17.2 Å². The van der Waals surface area contributed by atoms with Gasteiger partial charge < -0.3 is 23.9 Å². The number of rotatable bonds is 10. The van der Waals surface area contributed by atoms with Gasteiger partial charge in [-0.1, -0.05) is 17.8 Å². The van der Waals surface area contributed by atoms with Gasteiger partial charge in [-0.2, -0.15) is 0 Å². The number of thioether (sulfide) groups is 1. The molecule has 32 heavy (non-hydrogen) atoms. The standard InChI is InChI=1S/C20H20N4O7S/c1-28-15-7-4-12(8-17(15)30-3)9-19-22-23-20(31-19)32-11-18(25)21-14-6-5-13(24(26)27)10-16(14)29-2/h4-8,10H,9,11H2,1-3H3,(H,21,25). The molecule has 1 aromatic heterocycles. The molecule has 0 bridgehead atoms. The van der Waals surface area contributed by atoms with Crippen molar-refractivity contribution in [3.8, 4) is 17.2 Å². The normalized spacial score (nSPS) is 10.5. The van der Waals surface area contributed by atoms with Crippen LogP contribution >= 0.6 is 11.8 Å². The predicted molar refractivity (Wildman–Crippen MR) is 116 cm³/mol. The molecule has 1 heterocycles. The Morgan fingerprint density at radius 3 is 2.50 bits per heavy atom. The van der Waals surface area contributed by atoms with Gasteiger partial charge in [0.2, 0.25) is 11.8 Å². The van der Waals surface area contributed by atoms with E-state index < -0.39 is 4.92 Å². The summed E-state index contributed by atoms with van der Waals surface area (Å²) in [6.07, 6.45) is 0.389. The summed E-state index contributed by atoms with van der Waals surface area (Å²) in [4.78, 5) is 22.6. The molecule has 3 rings (SSSR count). The van der Waals surface area contributed by atoms with E-state index in [2.05, 4.69) is 15.5 Å². The molecule has 0 fully saturated rings. The molecule has 0 aliphatic heterocycles. The number of nitrogens with one attached hydrogen (secondary N) is 1. The molecule has 168 valence electrons. The van der Waals surface area contributed by atoms with Crippen molar-refractivity contribution < 1.29 is 28.3 Å². The maximum absolute atomic E-state index is 12.3. The third-order valence-electron chi connectivity index (χ3n) is 4.25. The van der Waals surface area contributed by atoms with E-state index >= 15 is 0 Å². The number of methoxy groups -OCH3 is 3. The second kappa shape index (κ2) is 10.5. The van der Waals surface area contributed by atoms with E-state index in [-0.39, 0.29) is 28.3 Å². The molecule has 0 unspecified atom stereocenters. The van der Waals surface area contributed by atoms with Crippen LogP contribution in [0.15, 0.2) is 46.0 Å². The summed E-state index contributed by atoms with van der Waals surface area (Å²) in [5.41, 5.74) is 1.08. The molecule has 3 aromatic rings. The molecule has 0 aliphatic rings. The Kier molecular flexibility index (Phi) is 7.49. The van der Waals surface area contributed by atoms with Crippen LogP contribution in [0.3, 0.4) is 0 Å². The number of carbonyl (C=O) groups is 1. The summed E-state index contributed by atoms with van der Waals surface area (Å²) < 4.78 is 21.2. The minimum absolute atomic E-state index is 0.00185. The molecule has 0 radical (unpaired) electrons. The minimum Gasteiger partial charge on any atom is -0.494 e. The summed E-state index contributed by atoms with van der Waals surface area (Å²) in [7, 11) is 4.48. The quantitative estimate of drug-likeness (QED) is 0.272. The Morgan fingerprint density at radius 1 is 1.06 bits per heavy atom. The Bertz CT molecular complexity index is 1120. The third-order valence-corrected chi connectivity index (χ3v) is 5.07. The maximum atomic E-state index is 12.3. The molecule has 11 nitrogen and oxygen atoms in total. The number of aromatic nitrogens is 2. The lowest BCUT2D eigenvalue weighted by molar-refractivity contribution is -0.384. The lowest BCUT2D eigenvalue weighted by atomic mass is 10.1. The molecule has 2 aromatic carbocycles. The number of carbonyl (C=O) groups excluding carboxylic acids is 1. The number of nitrogens with zero attached hydrogens (tertiary/aromatic N) is 3. The van der Waals surface area contributed by atoms with Gasteiger partial charge in [0.15, 0.2) is 11.5 Å². The molecule has 1 amide bonds. The van der Waals surface area contributed by atoms with Crippen molar-refractivity contribution in [3.63, 3.8) is 0 Å². The number of hydrogen-bond donors (Lipinski definition) is 1. The maximum Gasteiger partial charge on any atom is 0.277 e. The molecular formula is C20H20N4O7S. The zero-order valence-electron chi connectivity index (χ0n) is 17.5. The fourth-order valence-electron chi connectivity index (χ4n) is 2.74. The van der Waals surface area contributed by atoms with E-state index in [1.165, 1.54) is 25.3 Å². The van der Waals surface area contributed by atoms with Crippen LogP contribution in [0.2, 0.25) is 0 Å². The largest absolute Gasteiger partial charge is 0.494 e. The first-order valence-corrected chi connectivity index (χ1v) is 10.2. The van der Waals surface area contributed by atoms with Gasteiger partial charge in [0, 0.05) is 6.07 Å². The summed E-state index contributed by atoms with van der Waals surface area (Å²) in [6, 6.07) is 9.40. The highest BCUT2D eigenvalue weighted by Gasteiger charge is 2.15. The fraction of sp³-hybridized carbons (Fsp3) is 0.250. The van der Waals surface area contributed by atoms with E-state index in [9.17, 15) is 14.9 Å². The minimum atomic E-state index is -0.543. The van der Waals surface area contributed by atoms with E-state index in [1.54, 1.807) is 20.3 Å². The average Bonchev–Trinajstić information content (AvgIpc) is 3.24. The fourth-order valence-corrected chi connectivity index (χ4v) is 3.32. The van der Waals surface area contributed by atoms with Gasteiger partial charge >= 0.3 is 0 Å². The van der Waals surface area contributed by atoms with Crippen molar-refractivity contribution in [1.29, 1.82) is 0 Å². The van der Waals surface area contributed by atoms with Gasteiger partial charge in [-0.15, -0.1) is 10.2 Å². The Hall–Kier alpha value is -3.80. The van der Waals surface area contributed by atoms with Crippen molar-refractivity contribution in [3.05, 3.63) is 58.0 Å². The molecular weight excluding hydrogens is 440 g/mol. The lowest BCUT2D eigenvalue weighted by Gasteiger charge is -2.09. The molecule has 0 atom stereocenters. The highest BCUT2D eigenvalue weighted by molar-refractivity contribution is 7.99. The van der Waals surface area contributed by atoms with Crippen molar-refractivity contribution >= 4 is 29.0 Å². The molecule has 0 aliphatic carbocycles. The number of non-ortho nitro benzene ring substituents is 1. The number of amides is 1. The highest BCUT2D eigenvalue weighted by Crippen LogP contribution is 2.30. The van der Waals surface area contributed by atoms with Crippen LogP contribution < -0.4 is 19.5 Å². The molecule has 12 heteroatoms. The second-order valence-electron chi connectivity index (χ2n) is 6.31. The smallest absolute Gasteiger partial charge is 0.277 e. The van der Waals surface area contributed by atoms with Crippen LogP contribution in [0.4, 0.5) is 11.4 Å². The second-order valence-corrected chi connectivity index (χ2v) is 7.23. The first kappa shape index (κ1) is 22.9. The first-order valence-electron chi connectivity index (χ1n) is 9.21. The monoisotopic (exact) mass is 460 g/mol. The molecule has 0 saturated heterocycles. The van der Waals surface area contributed by atoms with Gasteiger partial charge in [-0.25, -0.2) is 0 Å². The van der Waals surface area contributed by atoms with Crippen molar-refractivity contribution in [1.82, 2.24) is 10.2 Å². The number of nitro benzene ring substituents is 1. The Morgan fingerprint density at radius 2 is 1.81 bits per heavy atom. The zero-order valence-corrected chi connectivity index (χ0v) is 18.3. The summed E-state index contributed by atoms with van der Waals surface area (Å²) in [6.45, 7) is 0. The van der Waals surface area contributed by atoms with Crippen LogP contribution in [0.25, 0.3) is 0 Å². The summed E-state index contributed by atoms with van der Waals surface area (Å²) >= 11 is 1.07. The number of benzene rings is 2. The van der Waals surface area contributed by atoms with Crippen molar-refractivity contribution in [2.75, 3.05) is 32.4 Å². The van der Waals surface area contributed by atoms with E-state index in [0.29, 0.717) is 29.5 Å². The van der Waals surface area contributed by atoms with Crippen LogP contribution in [0, 0.1) is 10.1 Å². The number of anilines is 1. The van der Waals surface area contributed by atoms with Gasteiger partial charge in [-0.05, 0) is 23.8 Å². The number of ether oxygens (including phenoxy) is 3. The van der Waals surface area contributed by atoms with Gasteiger partial charge in [0.05, 0.1) is 50.2 Å². The van der Waals surface area contributed by atoms with Crippen molar-refractivity contribution in [2.45, 2.75) is 11.6 Å². The third kappa shape index (κ3) is 5.66. The summed E-state index contributed by atoms with van der Waals surface area (Å²) in [5.74, 6) is 1.43. The zero-order chi connectivity index (χ0) is 23.1. The van der Waals surface area contributed by atoms with E-state index in [1.807, 2.05) is 12.1 Å². The topological polar surface area (TPSA) is 139 Å². The van der Waals surface area contributed by atoms with Crippen molar-refractivity contribution in [2.24, 2.45) is 0 Å².